The van der Waals surface area contributed by atoms with Crippen LogP contribution in [0.4, 0.5) is 5.69 Å². The molecular weight excluding hydrogens is 212 g/mol. The van der Waals surface area contributed by atoms with E-state index in [1.54, 1.807) is 0 Å². The summed E-state index contributed by atoms with van der Waals surface area (Å²) in [5.41, 5.74) is 7.94. The minimum absolute atomic E-state index is 0.472. The van der Waals surface area contributed by atoms with E-state index in [-0.39, 0.29) is 0 Å². The van der Waals surface area contributed by atoms with Gasteiger partial charge in [0.15, 0.2) is 0 Å². The molecule has 0 saturated carbocycles. The van der Waals surface area contributed by atoms with Crippen molar-refractivity contribution in [3.63, 3.8) is 0 Å². The second-order valence-corrected chi connectivity index (χ2v) is 5.02. The molecule has 1 unspecified atom stereocenters. The summed E-state index contributed by atoms with van der Waals surface area (Å²) in [5.74, 6) is 0.683. The number of benzene rings is 1. The lowest BCUT2D eigenvalue weighted by atomic mass is 9.86. The van der Waals surface area contributed by atoms with Crippen molar-refractivity contribution in [2.75, 3.05) is 33.0 Å². The third-order valence-corrected chi connectivity index (χ3v) is 3.55. The molecule has 1 saturated heterocycles. The van der Waals surface area contributed by atoms with Gasteiger partial charge < -0.3 is 15.4 Å². The summed E-state index contributed by atoms with van der Waals surface area (Å²) in [5, 5.41) is 0. The smallest absolute Gasteiger partial charge is 0.0469 e. The minimum atomic E-state index is 0.472. The summed E-state index contributed by atoms with van der Waals surface area (Å²) in [6.07, 6.45) is 2.29. The fraction of sp³-hybridized carbons (Fsp3) is 0.571. The molecule has 1 fully saturated rings. The lowest BCUT2D eigenvalue weighted by Crippen LogP contribution is -2.31. The number of nitrogens with two attached hydrogens (primary N) is 1. The normalized spacial score (nSPS) is 19.5. The van der Waals surface area contributed by atoms with Crippen LogP contribution < -0.4 is 5.73 Å². The summed E-state index contributed by atoms with van der Waals surface area (Å²) in [7, 11) is 4.30. The average Bonchev–Trinajstić information content (AvgIpc) is 2.33. The van der Waals surface area contributed by atoms with Crippen molar-refractivity contribution >= 4 is 5.69 Å². The van der Waals surface area contributed by atoms with Crippen LogP contribution in [0.1, 0.15) is 24.4 Å². The molecule has 1 aliphatic rings. The van der Waals surface area contributed by atoms with E-state index in [0.717, 1.165) is 31.7 Å². The van der Waals surface area contributed by atoms with E-state index in [1.807, 2.05) is 12.1 Å². The van der Waals surface area contributed by atoms with Gasteiger partial charge in [-0.05, 0) is 50.6 Å². The first-order valence-corrected chi connectivity index (χ1v) is 6.28. The van der Waals surface area contributed by atoms with Gasteiger partial charge in [0.05, 0.1) is 0 Å². The highest BCUT2D eigenvalue weighted by Gasteiger charge is 2.26. The molecule has 2 N–H and O–H groups in total. The zero-order valence-corrected chi connectivity index (χ0v) is 10.7. The quantitative estimate of drug-likeness (QED) is 0.816. The maximum atomic E-state index is 5.75. The zero-order chi connectivity index (χ0) is 12.3. The van der Waals surface area contributed by atoms with Crippen LogP contribution in [0, 0.1) is 5.92 Å². The summed E-state index contributed by atoms with van der Waals surface area (Å²) in [6.45, 7) is 1.79. The molecule has 3 heteroatoms. The van der Waals surface area contributed by atoms with Crippen molar-refractivity contribution in [3.05, 3.63) is 29.8 Å². The second kappa shape index (κ2) is 5.52. The van der Waals surface area contributed by atoms with Crippen molar-refractivity contribution in [3.8, 4) is 0 Å². The van der Waals surface area contributed by atoms with E-state index in [1.165, 1.54) is 5.56 Å². The largest absolute Gasteiger partial charge is 0.399 e. The first-order chi connectivity index (χ1) is 8.18. The summed E-state index contributed by atoms with van der Waals surface area (Å²) in [4.78, 5) is 2.31. The van der Waals surface area contributed by atoms with Gasteiger partial charge in [-0.3, -0.25) is 0 Å². The molecule has 0 radical (unpaired) electrons. The van der Waals surface area contributed by atoms with Gasteiger partial charge in [0.2, 0.25) is 0 Å². The van der Waals surface area contributed by atoms with Gasteiger partial charge in [-0.15, -0.1) is 0 Å². The number of hydrogen-bond acceptors (Lipinski definition) is 3. The molecule has 0 spiro atoms. The fourth-order valence-electron chi connectivity index (χ4n) is 2.72. The Hall–Kier alpha value is -1.06. The van der Waals surface area contributed by atoms with Crippen molar-refractivity contribution < 1.29 is 4.74 Å². The monoisotopic (exact) mass is 234 g/mol. The Kier molecular flexibility index (Phi) is 4.02. The Morgan fingerprint density at radius 2 is 1.76 bits per heavy atom. The molecule has 0 aliphatic carbocycles. The third-order valence-electron chi connectivity index (χ3n) is 3.55. The van der Waals surface area contributed by atoms with Crippen molar-refractivity contribution in [1.82, 2.24) is 4.90 Å². The van der Waals surface area contributed by atoms with Crippen molar-refractivity contribution in [2.45, 2.75) is 18.9 Å². The van der Waals surface area contributed by atoms with Crippen LogP contribution in [0.5, 0.6) is 0 Å². The second-order valence-electron chi connectivity index (χ2n) is 5.02. The number of rotatable bonds is 3. The van der Waals surface area contributed by atoms with Crippen LogP contribution in [0.2, 0.25) is 0 Å². The van der Waals surface area contributed by atoms with Gasteiger partial charge in [0.25, 0.3) is 0 Å². The van der Waals surface area contributed by atoms with E-state index < -0.39 is 0 Å². The number of anilines is 1. The van der Waals surface area contributed by atoms with Crippen molar-refractivity contribution in [2.24, 2.45) is 5.92 Å². The summed E-state index contributed by atoms with van der Waals surface area (Å²) >= 11 is 0. The van der Waals surface area contributed by atoms with E-state index in [0.29, 0.717) is 12.0 Å². The molecule has 3 nitrogen and oxygen atoms in total. The molecule has 1 atom stereocenters. The third kappa shape index (κ3) is 2.99. The molecule has 0 bridgehead atoms. The Bertz CT molecular complexity index is 342. The van der Waals surface area contributed by atoms with Crippen molar-refractivity contribution in [1.29, 1.82) is 0 Å². The number of nitrogens with zero attached hydrogens (tertiary/aromatic N) is 1. The van der Waals surface area contributed by atoms with Crippen LogP contribution in [-0.4, -0.2) is 32.2 Å². The average molecular weight is 234 g/mol. The van der Waals surface area contributed by atoms with Crippen LogP contribution in [0.3, 0.4) is 0 Å². The maximum absolute atomic E-state index is 5.75. The molecule has 0 aromatic heterocycles. The molecule has 1 aromatic rings. The standard InChI is InChI=1S/C14H22N2O/c1-16(2)14(12-7-9-17-10-8-12)11-3-5-13(15)6-4-11/h3-6,12,14H,7-10,15H2,1-2H3. The highest BCUT2D eigenvalue weighted by atomic mass is 16.5. The summed E-state index contributed by atoms with van der Waals surface area (Å²) < 4.78 is 5.45. The molecule has 1 aliphatic heterocycles. The van der Waals surface area contributed by atoms with Gasteiger partial charge >= 0.3 is 0 Å². The predicted molar refractivity (Wildman–Crippen MR) is 70.8 cm³/mol. The maximum Gasteiger partial charge on any atom is 0.0469 e. The minimum Gasteiger partial charge on any atom is -0.399 e. The van der Waals surface area contributed by atoms with E-state index in [2.05, 4.69) is 31.1 Å². The molecule has 2 rings (SSSR count). The van der Waals surface area contributed by atoms with E-state index >= 15 is 0 Å². The number of nitrogen functional groups attached to an aromatic ring is 1. The molecule has 0 amide bonds. The van der Waals surface area contributed by atoms with Crippen LogP contribution in [0.15, 0.2) is 24.3 Å². The van der Waals surface area contributed by atoms with Crippen LogP contribution in [0.25, 0.3) is 0 Å². The molecule has 17 heavy (non-hydrogen) atoms. The Labute approximate surface area is 104 Å². The first kappa shape index (κ1) is 12.4. The summed E-state index contributed by atoms with van der Waals surface area (Å²) in [6, 6.07) is 8.75. The SMILES string of the molecule is CN(C)C(c1ccc(N)cc1)C1CCOCC1. The van der Waals surface area contributed by atoms with Gasteiger partial charge in [-0.25, -0.2) is 0 Å². The molecular formula is C14H22N2O. The topological polar surface area (TPSA) is 38.5 Å². The Morgan fingerprint density at radius 1 is 1.18 bits per heavy atom. The predicted octanol–water partition coefficient (Wildman–Crippen LogP) is 2.30. The Morgan fingerprint density at radius 3 is 2.29 bits per heavy atom. The highest BCUT2D eigenvalue weighted by molar-refractivity contribution is 5.40. The van der Waals surface area contributed by atoms with Gasteiger partial charge in [-0.2, -0.15) is 0 Å². The molecule has 1 heterocycles. The lowest BCUT2D eigenvalue weighted by Gasteiger charge is -2.35. The number of ether oxygens (including phenoxy) is 1. The fourth-order valence-corrected chi connectivity index (χ4v) is 2.72. The van der Waals surface area contributed by atoms with E-state index in [9.17, 15) is 0 Å². The number of hydrogen-bond donors (Lipinski definition) is 1. The highest BCUT2D eigenvalue weighted by Crippen LogP contribution is 2.33. The van der Waals surface area contributed by atoms with Gasteiger partial charge in [0.1, 0.15) is 0 Å². The van der Waals surface area contributed by atoms with Gasteiger partial charge in [0, 0.05) is 24.9 Å². The Balaban J connectivity index is 2.18. The van der Waals surface area contributed by atoms with Crippen LogP contribution >= 0.6 is 0 Å². The van der Waals surface area contributed by atoms with Gasteiger partial charge in [-0.1, -0.05) is 12.1 Å². The molecule has 94 valence electrons. The lowest BCUT2D eigenvalue weighted by molar-refractivity contribution is 0.0364. The first-order valence-electron chi connectivity index (χ1n) is 6.28. The zero-order valence-electron chi connectivity index (χ0n) is 10.7. The van der Waals surface area contributed by atoms with E-state index in [4.69, 9.17) is 10.5 Å². The van der Waals surface area contributed by atoms with Crippen LogP contribution in [-0.2, 0) is 4.74 Å². The molecule has 1 aromatic carbocycles.